The number of nitrogens with zero attached hydrogens (tertiary/aromatic N) is 2. The number of aromatic nitrogens is 2. The van der Waals surface area contributed by atoms with Crippen molar-refractivity contribution in [2.45, 2.75) is 39.7 Å². The van der Waals surface area contributed by atoms with Gasteiger partial charge in [0, 0.05) is 31.0 Å². The number of carbonyl (C=O) groups is 2. The summed E-state index contributed by atoms with van der Waals surface area (Å²) in [4.78, 5) is 29.4. The van der Waals surface area contributed by atoms with Crippen LogP contribution in [-0.4, -0.2) is 22.0 Å². The largest absolute Gasteiger partial charge is 0.352 e. The highest BCUT2D eigenvalue weighted by atomic mass is 32.1. The standard InChI is InChI=1S/C21H24N4O3S/c1-3-14(2)21(27)23-16-7-4-6-15(12-16)13-22-18(26)9-10-19-24-20(25-28-19)17-8-5-11-29-17/h4-8,11-12,14H,3,9-10,13H2,1-2H3,(H,22,26)(H,23,27). The van der Waals surface area contributed by atoms with Crippen molar-refractivity contribution in [1.29, 1.82) is 0 Å². The summed E-state index contributed by atoms with van der Waals surface area (Å²) in [6.07, 6.45) is 1.43. The normalized spacial score (nSPS) is 11.8. The number of anilines is 1. The van der Waals surface area contributed by atoms with Crippen LogP contribution in [0.5, 0.6) is 0 Å². The molecule has 0 bridgehead atoms. The SMILES string of the molecule is CCC(C)C(=O)Nc1cccc(CNC(=O)CCc2nc(-c3cccs3)no2)c1. The van der Waals surface area contributed by atoms with Crippen LogP contribution in [0.15, 0.2) is 46.3 Å². The van der Waals surface area contributed by atoms with Gasteiger partial charge in [0.2, 0.25) is 23.5 Å². The first-order valence-corrected chi connectivity index (χ1v) is 10.5. The van der Waals surface area contributed by atoms with Gasteiger partial charge in [-0.05, 0) is 35.6 Å². The minimum Gasteiger partial charge on any atom is -0.352 e. The van der Waals surface area contributed by atoms with Crippen LogP contribution >= 0.6 is 11.3 Å². The van der Waals surface area contributed by atoms with E-state index in [1.54, 1.807) is 0 Å². The van der Waals surface area contributed by atoms with Crippen LogP contribution in [0.4, 0.5) is 5.69 Å². The fourth-order valence-corrected chi connectivity index (χ4v) is 3.23. The Labute approximate surface area is 173 Å². The van der Waals surface area contributed by atoms with Gasteiger partial charge in [0.15, 0.2) is 0 Å². The van der Waals surface area contributed by atoms with Gasteiger partial charge in [0.25, 0.3) is 0 Å². The molecule has 1 unspecified atom stereocenters. The van der Waals surface area contributed by atoms with Gasteiger partial charge in [-0.1, -0.05) is 37.2 Å². The van der Waals surface area contributed by atoms with Gasteiger partial charge in [-0.15, -0.1) is 11.3 Å². The third-order valence-electron chi connectivity index (χ3n) is 4.52. The van der Waals surface area contributed by atoms with E-state index in [-0.39, 0.29) is 24.2 Å². The molecule has 2 aromatic heterocycles. The molecule has 2 amide bonds. The molecule has 0 aliphatic rings. The number of amides is 2. The molecule has 0 spiro atoms. The van der Waals surface area contributed by atoms with Crippen molar-refractivity contribution in [3.05, 3.63) is 53.2 Å². The minimum absolute atomic E-state index is 0.00448. The van der Waals surface area contributed by atoms with Crippen molar-refractivity contribution in [3.63, 3.8) is 0 Å². The van der Waals surface area contributed by atoms with E-state index < -0.39 is 0 Å². The van der Waals surface area contributed by atoms with E-state index in [4.69, 9.17) is 4.52 Å². The van der Waals surface area contributed by atoms with Gasteiger partial charge in [-0.2, -0.15) is 4.98 Å². The van der Waals surface area contributed by atoms with E-state index in [1.807, 2.05) is 55.6 Å². The second kappa shape index (κ2) is 9.97. The minimum atomic E-state index is -0.102. The van der Waals surface area contributed by atoms with Gasteiger partial charge in [0.05, 0.1) is 4.88 Å². The fraction of sp³-hybridized carbons (Fsp3) is 0.333. The molecule has 8 heteroatoms. The summed E-state index contributed by atoms with van der Waals surface area (Å²) in [5.74, 6) is 0.846. The molecule has 0 radical (unpaired) electrons. The first-order valence-electron chi connectivity index (χ1n) is 9.58. The van der Waals surface area contributed by atoms with E-state index >= 15 is 0 Å². The lowest BCUT2D eigenvalue weighted by atomic mass is 10.1. The maximum atomic E-state index is 12.1. The van der Waals surface area contributed by atoms with Crippen molar-refractivity contribution in [2.75, 3.05) is 5.32 Å². The number of hydrogen-bond acceptors (Lipinski definition) is 6. The number of benzene rings is 1. The monoisotopic (exact) mass is 412 g/mol. The predicted octanol–water partition coefficient (Wildman–Crippen LogP) is 4.03. The van der Waals surface area contributed by atoms with Crippen LogP contribution in [0.25, 0.3) is 10.7 Å². The highest BCUT2D eigenvalue weighted by Crippen LogP contribution is 2.21. The van der Waals surface area contributed by atoms with Gasteiger partial charge in [0.1, 0.15) is 0 Å². The Balaban J connectivity index is 1.46. The summed E-state index contributed by atoms with van der Waals surface area (Å²) in [6, 6.07) is 11.3. The molecule has 0 aliphatic heterocycles. The Morgan fingerprint density at radius 2 is 2.10 bits per heavy atom. The lowest BCUT2D eigenvalue weighted by Gasteiger charge is -2.11. The number of hydrogen-bond donors (Lipinski definition) is 2. The summed E-state index contributed by atoms with van der Waals surface area (Å²) >= 11 is 1.54. The van der Waals surface area contributed by atoms with E-state index in [0.717, 1.165) is 22.5 Å². The molecule has 3 aromatic rings. The van der Waals surface area contributed by atoms with E-state index in [1.165, 1.54) is 11.3 Å². The molecule has 1 atom stereocenters. The molecular formula is C21H24N4O3S. The predicted molar refractivity (Wildman–Crippen MR) is 112 cm³/mol. The smallest absolute Gasteiger partial charge is 0.227 e. The van der Waals surface area contributed by atoms with Crippen molar-refractivity contribution >= 4 is 28.8 Å². The zero-order valence-electron chi connectivity index (χ0n) is 16.5. The van der Waals surface area contributed by atoms with Crippen LogP contribution in [0, 0.1) is 5.92 Å². The third kappa shape index (κ3) is 5.99. The van der Waals surface area contributed by atoms with Gasteiger partial charge >= 0.3 is 0 Å². The second-order valence-corrected chi connectivity index (χ2v) is 7.71. The maximum absolute atomic E-state index is 12.1. The molecule has 0 aliphatic carbocycles. The lowest BCUT2D eigenvalue weighted by molar-refractivity contribution is -0.121. The van der Waals surface area contributed by atoms with Crippen LogP contribution in [0.3, 0.4) is 0 Å². The van der Waals surface area contributed by atoms with E-state index in [0.29, 0.717) is 24.7 Å². The average molecular weight is 413 g/mol. The van der Waals surface area contributed by atoms with Crippen molar-refractivity contribution < 1.29 is 14.1 Å². The molecule has 7 nitrogen and oxygen atoms in total. The van der Waals surface area contributed by atoms with Gasteiger partial charge in [-0.3, -0.25) is 9.59 Å². The molecule has 3 rings (SSSR count). The van der Waals surface area contributed by atoms with Crippen LogP contribution < -0.4 is 10.6 Å². The molecule has 0 saturated heterocycles. The quantitative estimate of drug-likeness (QED) is 0.553. The fourth-order valence-electron chi connectivity index (χ4n) is 2.58. The molecule has 2 heterocycles. The molecule has 2 N–H and O–H groups in total. The van der Waals surface area contributed by atoms with Crippen molar-refractivity contribution in [3.8, 4) is 10.7 Å². The molecule has 0 saturated carbocycles. The number of carbonyl (C=O) groups excluding carboxylic acids is 2. The number of nitrogens with one attached hydrogen (secondary N) is 2. The van der Waals surface area contributed by atoms with E-state index in [2.05, 4.69) is 20.8 Å². The maximum Gasteiger partial charge on any atom is 0.227 e. The zero-order chi connectivity index (χ0) is 20.6. The molecule has 29 heavy (non-hydrogen) atoms. The first-order chi connectivity index (χ1) is 14.0. The highest BCUT2D eigenvalue weighted by molar-refractivity contribution is 7.13. The Morgan fingerprint density at radius 1 is 1.24 bits per heavy atom. The molecule has 152 valence electrons. The van der Waals surface area contributed by atoms with E-state index in [9.17, 15) is 9.59 Å². The molecular weight excluding hydrogens is 388 g/mol. The van der Waals surface area contributed by atoms with Gasteiger partial charge < -0.3 is 15.2 Å². The number of thiophene rings is 1. The number of rotatable bonds is 9. The summed E-state index contributed by atoms with van der Waals surface area (Å²) in [5.41, 5.74) is 1.65. The van der Waals surface area contributed by atoms with Crippen LogP contribution in [-0.2, 0) is 22.6 Å². The summed E-state index contributed by atoms with van der Waals surface area (Å²) in [7, 11) is 0. The topological polar surface area (TPSA) is 97.1 Å². The second-order valence-electron chi connectivity index (χ2n) is 6.76. The Morgan fingerprint density at radius 3 is 2.86 bits per heavy atom. The summed E-state index contributed by atoms with van der Waals surface area (Å²) in [5, 5.41) is 11.7. The number of aryl methyl sites for hydroxylation is 1. The van der Waals surface area contributed by atoms with Crippen LogP contribution in [0.1, 0.15) is 38.1 Å². The zero-order valence-corrected chi connectivity index (χ0v) is 17.3. The molecule has 1 aromatic carbocycles. The first kappa shape index (κ1) is 20.7. The highest BCUT2D eigenvalue weighted by Gasteiger charge is 2.12. The Kier molecular flexibility index (Phi) is 7.13. The molecule has 0 fully saturated rings. The van der Waals surface area contributed by atoms with Crippen molar-refractivity contribution in [1.82, 2.24) is 15.5 Å². The van der Waals surface area contributed by atoms with Gasteiger partial charge in [-0.25, -0.2) is 0 Å². The Hall–Kier alpha value is -3.00. The summed E-state index contributed by atoms with van der Waals surface area (Å²) in [6.45, 7) is 4.26. The summed E-state index contributed by atoms with van der Waals surface area (Å²) < 4.78 is 5.21. The van der Waals surface area contributed by atoms with Crippen LogP contribution in [0.2, 0.25) is 0 Å². The Bertz CT molecular complexity index is 953. The van der Waals surface area contributed by atoms with Crippen molar-refractivity contribution in [2.24, 2.45) is 5.92 Å². The lowest BCUT2D eigenvalue weighted by Crippen LogP contribution is -2.23. The average Bonchev–Trinajstić information content (AvgIpc) is 3.42. The third-order valence-corrected chi connectivity index (χ3v) is 5.39.